The molecular formula is C17H28N2O. The van der Waals surface area contributed by atoms with E-state index in [-0.39, 0.29) is 17.4 Å². The summed E-state index contributed by atoms with van der Waals surface area (Å²) in [5, 5.41) is 0. The van der Waals surface area contributed by atoms with Crippen LogP contribution in [0.1, 0.15) is 52.6 Å². The van der Waals surface area contributed by atoms with Crippen LogP contribution >= 0.6 is 0 Å². The standard InChI is InChI=1S/C17H28N2O/c1-12(17(3,4)5)10-16(20)19(6)13(2)14-8-7-9-15(18)11-14/h7-9,11-13H,10,18H2,1-6H3. The average Bonchev–Trinajstić information content (AvgIpc) is 2.35. The maximum absolute atomic E-state index is 12.4. The summed E-state index contributed by atoms with van der Waals surface area (Å²) in [6, 6.07) is 7.77. The Labute approximate surface area is 123 Å². The first-order valence-corrected chi connectivity index (χ1v) is 7.24. The number of hydrogen-bond donors (Lipinski definition) is 1. The van der Waals surface area contributed by atoms with Crippen molar-refractivity contribution in [2.45, 2.75) is 47.1 Å². The summed E-state index contributed by atoms with van der Waals surface area (Å²) < 4.78 is 0. The van der Waals surface area contributed by atoms with Gasteiger partial charge in [-0.1, -0.05) is 39.8 Å². The van der Waals surface area contributed by atoms with E-state index in [9.17, 15) is 4.79 Å². The highest BCUT2D eigenvalue weighted by molar-refractivity contribution is 5.76. The molecule has 0 aromatic heterocycles. The van der Waals surface area contributed by atoms with Gasteiger partial charge in [0.25, 0.3) is 0 Å². The molecule has 112 valence electrons. The number of nitrogens with zero attached hydrogens (tertiary/aromatic N) is 1. The minimum atomic E-state index is 0.0400. The van der Waals surface area contributed by atoms with E-state index in [0.717, 1.165) is 11.3 Å². The van der Waals surface area contributed by atoms with Crippen LogP contribution in [0, 0.1) is 11.3 Å². The van der Waals surface area contributed by atoms with Gasteiger partial charge in [-0.3, -0.25) is 4.79 Å². The first-order valence-electron chi connectivity index (χ1n) is 7.24. The molecule has 0 aliphatic carbocycles. The van der Waals surface area contributed by atoms with E-state index >= 15 is 0 Å². The zero-order valence-electron chi connectivity index (χ0n) is 13.6. The van der Waals surface area contributed by atoms with Crippen LogP contribution in [0.3, 0.4) is 0 Å². The fourth-order valence-electron chi connectivity index (χ4n) is 1.97. The molecule has 0 heterocycles. The van der Waals surface area contributed by atoms with Crippen molar-refractivity contribution in [3.8, 4) is 0 Å². The van der Waals surface area contributed by atoms with Gasteiger partial charge in [0, 0.05) is 19.2 Å². The number of rotatable bonds is 4. The summed E-state index contributed by atoms with van der Waals surface area (Å²) in [4.78, 5) is 14.2. The lowest BCUT2D eigenvalue weighted by Gasteiger charge is -2.31. The molecular weight excluding hydrogens is 248 g/mol. The van der Waals surface area contributed by atoms with Crippen LogP contribution in [0.25, 0.3) is 0 Å². The summed E-state index contributed by atoms with van der Waals surface area (Å²) in [6.07, 6.45) is 0.576. The number of hydrogen-bond acceptors (Lipinski definition) is 2. The average molecular weight is 276 g/mol. The predicted molar refractivity (Wildman–Crippen MR) is 85.3 cm³/mol. The molecule has 2 N–H and O–H groups in total. The molecule has 0 spiro atoms. The van der Waals surface area contributed by atoms with Crippen LogP contribution < -0.4 is 5.73 Å². The van der Waals surface area contributed by atoms with E-state index in [2.05, 4.69) is 27.7 Å². The molecule has 0 saturated carbocycles. The number of nitrogens with two attached hydrogens (primary N) is 1. The van der Waals surface area contributed by atoms with Gasteiger partial charge in [-0.2, -0.15) is 0 Å². The molecule has 0 aliphatic heterocycles. The van der Waals surface area contributed by atoms with Crippen molar-refractivity contribution in [3.63, 3.8) is 0 Å². The van der Waals surface area contributed by atoms with Crippen LogP contribution in [0.2, 0.25) is 0 Å². The predicted octanol–water partition coefficient (Wildman–Crippen LogP) is 3.86. The molecule has 0 fully saturated rings. The van der Waals surface area contributed by atoms with Gasteiger partial charge >= 0.3 is 0 Å². The summed E-state index contributed by atoms with van der Waals surface area (Å²) in [5.41, 5.74) is 7.76. The number of nitrogen functional groups attached to an aromatic ring is 1. The number of amides is 1. The smallest absolute Gasteiger partial charge is 0.223 e. The molecule has 1 aromatic carbocycles. The Bertz CT molecular complexity index is 462. The third-order valence-electron chi connectivity index (χ3n) is 4.33. The fourth-order valence-corrected chi connectivity index (χ4v) is 1.97. The second-order valence-corrected chi connectivity index (χ2v) is 6.82. The first kappa shape index (κ1) is 16.5. The van der Waals surface area contributed by atoms with Crippen LogP contribution in [0.4, 0.5) is 5.69 Å². The van der Waals surface area contributed by atoms with Crippen LogP contribution in [-0.4, -0.2) is 17.9 Å². The maximum atomic E-state index is 12.4. The highest BCUT2D eigenvalue weighted by Gasteiger charge is 2.25. The van der Waals surface area contributed by atoms with Gasteiger partial charge in [0.1, 0.15) is 0 Å². The lowest BCUT2D eigenvalue weighted by atomic mass is 9.80. The largest absolute Gasteiger partial charge is 0.399 e. The van der Waals surface area contributed by atoms with Gasteiger partial charge in [0.15, 0.2) is 0 Å². The molecule has 1 amide bonds. The Morgan fingerprint density at radius 2 is 1.90 bits per heavy atom. The lowest BCUT2D eigenvalue weighted by molar-refractivity contribution is -0.133. The molecule has 1 rings (SSSR count). The van der Waals surface area contributed by atoms with Crippen LogP contribution in [-0.2, 0) is 4.79 Å². The molecule has 1 aromatic rings. The van der Waals surface area contributed by atoms with Crippen molar-refractivity contribution in [2.24, 2.45) is 11.3 Å². The zero-order valence-corrected chi connectivity index (χ0v) is 13.6. The Balaban J connectivity index is 2.74. The van der Waals surface area contributed by atoms with Gasteiger partial charge in [-0.25, -0.2) is 0 Å². The summed E-state index contributed by atoms with van der Waals surface area (Å²) in [5.74, 6) is 0.535. The fraction of sp³-hybridized carbons (Fsp3) is 0.588. The normalized spacial score (nSPS) is 14.7. The van der Waals surface area contributed by atoms with Crippen molar-refractivity contribution in [1.82, 2.24) is 4.90 Å². The van der Waals surface area contributed by atoms with E-state index in [0.29, 0.717) is 12.3 Å². The quantitative estimate of drug-likeness (QED) is 0.849. The maximum Gasteiger partial charge on any atom is 0.223 e. The van der Waals surface area contributed by atoms with Crippen molar-refractivity contribution in [2.75, 3.05) is 12.8 Å². The van der Waals surface area contributed by atoms with Gasteiger partial charge < -0.3 is 10.6 Å². The molecule has 2 unspecified atom stereocenters. The Morgan fingerprint density at radius 3 is 2.40 bits per heavy atom. The van der Waals surface area contributed by atoms with Crippen molar-refractivity contribution in [3.05, 3.63) is 29.8 Å². The Morgan fingerprint density at radius 1 is 1.30 bits per heavy atom. The van der Waals surface area contributed by atoms with Gasteiger partial charge in [-0.15, -0.1) is 0 Å². The van der Waals surface area contributed by atoms with E-state index in [1.165, 1.54) is 0 Å². The molecule has 0 aliphatic rings. The third kappa shape index (κ3) is 4.26. The molecule has 20 heavy (non-hydrogen) atoms. The Kier molecular flexibility index (Phi) is 5.21. The minimum absolute atomic E-state index is 0.0400. The zero-order chi connectivity index (χ0) is 15.5. The van der Waals surface area contributed by atoms with Gasteiger partial charge in [0.05, 0.1) is 6.04 Å². The molecule has 0 saturated heterocycles. The molecule has 3 nitrogen and oxygen atoms in total. The van der Waals surface area contributed by atoms with E-state index < -0.39 is 0 Å². The first-order chi connectivity index (χ1) is 9.12. The lowest BCUT2D eigenvalue weighted by Crippen LogP contribution is -2.33. The summed E-state index contributed by atoms with van der Waals surface area (Å²) >= 11 is 0. The minimum Gasteiger partial charge on any atom is -0.399 e. The van der Waals surface area contributed by atoms with Crippen molar-refractivity contribution >= 4 is 11.6 Å². The van der Waals surface area contributed by atoms with E-state index in [1.54, 1.807) is 0 Å². The molecule has 0 radical (unpaired) electrons. The topological polar surface area (TPSA) is 46.3 Å². The number of carbonyl (C=O) groups is 1. The van der Waals surface area contributed by atoms with E-state index in [1.807, 2.05) is 43.1 Å². The third-order valence-corrected chi connectivity index (χ3v) is 4.33. The molecule has 0 bridgehead atoms. The second-order valence-electron chi connectivity index (χ2n) is 6.82. The SMILES string of the molecule is CC(c1cccc(N)c1)N(C)C(=O)CC(C)C(C)(C)C. The second kappa shape index (κ2) is 6.29. The summed E-state index contributed by atoms with van der Waals surface area (Å²) in [6.45, 7) is 10.7. The van der Waals surface area contributed by atoms with Crippen molar-refractivity contribution < 1.29 is 4.79 Å². The van der Waals surface area contributed by atoms with Gasteiger partial charge in [0.2, 0.25) is 5.91 Å². The summed E-state index contributed by atoms with van der Waals surface area (Å²) in [7, 11) is 1.87. The number of anilines is 1. The molecule has 3 heteroatoms. The van der Waals surface area contributed by atoms with Crippen LogP contribution in [0.15, 0.2) is 24.3 Å². The number of benzene rings is 1. The highest BCUT2D eigenvalue weighted by atomic mass is 16.2. The molecule has 2 atom stereocenters. The highest BCUT2D eigenvalue weighted by Crippen LogP contribution is 2.30. The number of carbonyl (C=O) groups excluding carboxylic acids is 1. The van der Waals surface area contributed by atoms with Crippen LogP contribution in [0.5, 0.6) is 0 Å². The van der Waals surface area contributed by atoms with Gasteiger partial charge in [-0.05, 0) is 36.0 Å². The Hall–Kier alpha value is -1.51. The van der Waals surface area contributed by atoms with E-state index in [4.69, 9.17) is 5.73 Å². The van der Waals surface area contributed by atoms with Crippen molar-refractivity contribution in [1.29, 1.82) is 0 Å². The monoisotopic (exact) mass is 276 g/mol.